The minimum absolute atomic E-state index is 0.150. The SMILES string of the molecule is CN(CCO)C(=O)C(=O)NCCN1CCOCC1. The van der Waals surface area contributed by atoms with Crippen LogP contribution in [-0.4, -0.2) is 86.3 Å². The molecule has 0 spiro atoms. The van der Waals surface area contributed by atoms with E-state index in [4.69, 9.17) is 9.84 Å². The second-order valence-electron chi connectivity index (χ2n) is 4.16. The lowest BCUT2D eigenvalue weighted by Gasteiger charge is -2.26. The molecular formula is C11H21N3O4. The Morgan fingerprint density at radius 2 is 2.06 bits per heavy atom. The highest BCUT2D eigenvalue weighted by atomic mass is 16.5. The summed E-state index contributed by atoms with van der Waals surface area (Å²) in [5, 5.41) is 11.2. The van der Waals surface area contributed by atoms with Crippen molar-refractivity contribution in [2.24, 2.45) is 0 Å². The maximum Gasteiger partial charge on any atom is 0.311 e. The maximum absolute atomic E-state index is 11.5. The summed E-state index contributed by atoms with van der Waals surface area (Å²) in [5.74, 6) is -1.25. The molecule has 0 unspecified atom stereocenters. The molecule has 7 nitrogen and oxygen atoms in total. The average molecular weight is 259 g/mol. The van der Waals surface area contributed by atoms with Crippen LogP contribution < -0.4 is 5.32 Å². The molecule has 1 heterocycles. The number of hydrogen-bond acceptors (Lipinski definition) is 5. The minimum Gasteiger partial charge on any atom is -0.395 e. The van der Waals surface area contributed by atoms with E-state index in [1.165, 1.54) is 11.9 Å². The van der Waals surface area contributed by atoms with Gasteiger partial charge in [-0.25, -0.2) is 0 Å². The van der Waals surface area contributed by atoms with Gasteiger partial charge in [-0.05, 0) is 0 Å². The van der Waals surface area contributed by atoms with Gasteiger partial charge in [-0.15, -0.1) is 0 Å². The molecule has 1 rings (SSSR count). The molecule has 2 amide bonds. The second kappa shape index (κ2) is 8.02. The number of nitrogens with one attached hydrogen (secondary N) is 1. The average Bonchev–Trinajstić information content (AvgIpc) is 2.39. The monoisotopic (exact) mass is 259 g/mol. The summed E-state index contributed by atoms with van der Waals surface area (Å²) in [4.78, 5) is 26.3. The smallest absolute Gasteiger partial charge is 0.311 e. The summed E-state index contributed by atoms with van der Waals surface area (Å²) in [7, 11) is 1.49. The molecule has 1 saturated heterocycles. The van der Waals surface area contributed by atoms with E-state index in [-0.39, 0.29) is 13.2 Å². The Balaban J connectivity index is 2.17. The van der Waals surface area contributed by atoms with Crippen molar-refractivity contribution in [2.45, 2.75) is 0 Å². The van der Waals surface area contributed by atoms with Crippen LogP contribution in [0.3, 0.4) is 0 Å². The van der Waals surface area contributed by atoms with E-state index in [0.717, 1.165) is 13.1 Å². The molecule has 1 aliphatic rings. The molecule has 1 fully saturated rings. The zero-order valence-corrected chi connectivity index (χ0v) is 10.7. The molecule has 1 aliphatic heterocycles. The number of morpholine rings is 1. The van der Waals surface area contributed by atoms with Gasteiger partial charge in [0.2, 0.25) is 0 Å². The van der Waals surface area contributed by atoms with Gasteiger partial charge in [0.05, 0.1) is 19.8 Å². The number of likely N-dealkylation sites (N-methyl/N-ethyl adjacent to an activating group) is 1. The molecule has 2 N–H and O–H groups in total. The number of nitrogens with zero attached hydrogens (tertiary/aromatic N) is 2. The third-order valence-corrected chi connectivity index (χ3v) is 2.79. The first-order chi connectivity index (χ1) is 8.65. The van der Waals surface area contributed by atoms with Gasteiger partial charge in [-0.3, -0.25) is 14.5 Å². The number of aliphatic hydroxyl groups excluding tert-OH is 1. The van der Waals surface area contributed by atoms with Gasteiger partial charge in [0.25, 0.3) is 0 Å². The van der Waals surface area contributed by atoms with Gasteiger partial charge < -0.3 is 20.1 Å². The molecule has 104 valence electrons. The van der Waals surface area contributed by atoms with Crippen molar-refractivity contribution in [1.82, 2.24) is 15.1 Å². The molecule has 0 aromatic heterocycles. The van der Waals surface area contributed by atoms with Gasteiger partial charge in [0, 0.05) is 39.8 Å². The highest BCUT2D eigenvalue weighted by molar-refractivity contribution is 6.34. The Bertz CT molecular complexity index is 279. The third kappa shape index (κ3) is 4.99. The maximum atomic E-state index is 11.5. The fourth-order valence-corrected chi connectivity index (χ4v) is 1.65. The van der Waals surface area contributed by atoms with Crippen molar-refractivity contribution < 1.29 is 19.4 Å². The predicted molar refractivity (Wildman–Crippen MR) is 65.0 cm³/mol. The van der Waals surface area contributed by atoms with Crippen LogP contribution in [0.2, 0.25) is 0 Å². The van der Waals surface area contributed by atoms with Crippen LogP contribution in [0, 0.1) is 0 Å². The molecule has 0 atom stereocenters. The lowest BCUT2D eigenvalue weighted by Crippen LogP contribution is -2.46. The number of ether oxygens (including phenoxy) is 1. The molecule has 0 aromatic carbocycles. The number of rotatable bonds is 5. The summed E-state index contributed by atoms with van der Waals surface area (Å²) < 4.78 is 5.21. The summed E-state index contributed by atoms with van der Waals surface area (Å²) in [5.41, 5.74) is 0. The normalized spacial score (nSPS) is 16.3. The third-order valence-electron chi connectivity index (χ3n) is 2.79. The van der Waals surface area contributed by atoms with E-state index in [9.17, 15) is 9.59 Å². The van der Waals surface area contributed by atoms with Crippen LogP contribution >= 0.6 is 0 Å². The molecule has 0 aliphatic carbocycles. The number of hydrogen-bond donors (Lipinski definition) is 2. The van der Waals surface area contributed by atoms with E-state index < -0.39 is 11.8 Å². The van der Waals surface area contributed by atoms with Crippen molar-refractivity contribution in [3.8, 4) is 0 Å². The first kappa shape index (κ1) is 14.9. The van der Waals surface area contributed by atoms with Crippen LogP contribution in [0.4, 0.5) is 0 Å². The topological polar surface area (TPSA) is 82.1 Å². The Hall–Kier alpha value is -1.18. The molecule has 0 saturated carbocycles. The van der Waals surface area contributed by atoms with Crippen molar-refractivity contribution in [3.63, 3.8) is 0 Å². The first-order valence-electron chi connectivity index (χ1n) is 6.09. The van der Waals surface area contributed by atoms with Gasteiger partial charge in [0.1, 0.15) is 0 Å². The summed E-state index contributed by atoms with van der Waals surface area (Å²) in [6.07, 6.45) is 0. The van der Waals surface area contributed by atoms with Gasteiger partial charge in [-0.1, -0.05) is 0 Å². The molecule has 0 radical (unpaired) electrons. The lowest BCUT2D eigenvalue weighted by atomic mass is 10.4. The Morgan fingerprint density at radius 3 is 2.67 bits per heavy atom. The van der Waals surface area contributed by atoms with E-state index in [2.05, 4.69) is 10.2 Å². The summed E-state index contributed by atoms with van der Waals surface area (Å²) in [6.45, 7) is 4.31. The second-order valence-corrected chi connectivity index (χ2v) is 4.16. The number of carbonyl (C=O) groups excluding carboxylic acids is 2. The van der Waals surface area contributed by atoms with Crippen molar-refractivity contribution >= 4 is 11.8 Å². The quantitative estimate of drug-likeness (QED) is 0.552. The van der Waals surface area contributed by atoms with E-state index >= 15 is 0 Å². The van der Waals surface area contributed by atoms with Gasteiger partial charge >= 0.3 is 11.8 Å². The minimum atomic E-state index is -0.626. The fraction of sp³-hybridized carbons (Fsp3) is 0.818. The Morgan fingerprint density at radius 1 is 1.39 bits per heavy atom. The number of aliphatic hydroxyl groups is 1. The van der Waals surface area contributed by atoms with E-state index in [1.54, 1.807) is 0 Å². The lowest BCUT2D eigenvalue weighted by molar-refractivity contribution is -0.145. The molecular weight excluding hydrogens is 238 g/mol. The van der Waals surface area contributed by atoms with E-state index in [1.807, 2.05) is 0 Å². The number of amides is 2. The van der Waals surface area contributed by atoms with Gasteiger partial charge in [-0.2, -0.15) is 0 Å². The molecule has 18 heavy (non-hydrogen) atoms. The standard InChI is InChI=1S/C11H21N3O4/c1-13(4-7-15)11(17)10(16)12-2-3-14-5-8-18-9-6-14/h15H,2-9H2,1H3,(H,12,16). The van der Waals surface area contributed by atoms with Crippen molar-refractivity contribution in [2.75, 3.05) is 59.6 Å². The largest absolute Gasteiger partial charge is 0.395 e. The zero-order chi connectivity index (χ0) is 13.4. The number of carbonyl (C=O) groups is 2. The summed E-state index contributed by atoms with van der Waals surface area (Å²) >= 11 is 0. The first-order valence-corrected chi connectivity index (χ1v) is 6.09. The van der Waals surface area contributed by atoms with E-state index in [0.29, 0.717) is 26.3 Å². The van der Waals surface area contributed by atoms with Crippen LogP contribution in [0.25, 0.3) is 0 Å². The van der Waals surface area contributed by atoms with Crippen LogP contribution in [0.1, 0.15) is 0 Å². The molecule has 0 bridgehead atoms. The van der Waals surface area contributed by atoms with Crippen molar-refractivity contribution in [3.05, 3.63) is 0 Å². The predicted octanol–water partition coefficient (Wildman–Crippen LogP) is -2.11. The van der Waals surface area contributed by atoms with Crippen LogP contribution in [-0.2, 0) is 14.3 Å². The highest BCUT2D eigenvalue weighted by Crippen LogP contribution is 1.94. The fourth-order valence-electron chi connectivity index (χ4n) is 1.65. The van der Waals surface area contributed by atoms with Gasteiger partial charge in [0.15, 0.2) is 0 Å². The van der Waals surface area contributed by atoms with Crippen LogP contribution in [0.15, 0.2) is 0 Å². The molecule has 7 heteroatoms. The molecule has 0 aromatic rings. The van der Waals surface area contributed by atoms with Crippen LogP contribution in [0.5, 0.6) is 0 Å². The van der Waals surface area contributed by atoms with Crippen molar-refractivity contribution in [1.29, 1.82) is 0 Å². The Kier molecular flexibility index (Phi) is 6.63. The zero-order valence-electron chi connectivity index (χ0n) is 10.7. The Labute approximate surface area is 107 Å². The summed E-state index contributed by atoms with van der Waals surface area (Å²) in [6, 6.07) is 0. The highest BCUT2D eigenvalue weighted by Gasteiger charge is 2.18.